The minimum absolute atomic E-state index is 0.636. The maximum absolute atomic E-state index is 11.0. The number of carbonyl (C=O) groups is 2. The molecule has 0 heterocycles. The molecule has 5 nitrogen and oxygen atoms in total. The van der Waals surface area contributed by atoms with Crippen molar-refractivity contribution in [1.29, 1.82) is 0 Å². The molecule has 0 aromatic rings. The highest BCUT2D eigenvalue weighted by molar-refractivity contribution is 5.81. The molecule has 0 aromatic heterocycles. The zero-order valence-electron chi connectivity index (χ0n) is 4.91. The lowest BCUT2D eigenvalue weighted by atomic mass is 10.2. The van der Waals surface area contributed by atoms with Crippen molar-refractivity contribution in [3.8, 4) is 0 Å². The molecule has 0 spiro atoms. The molecule has 6 heteroatoms. The average Bonchev–Trinajstić information content (AvgIpc) is 1.85. The van der Waals surface area contributed by atoms with Gasteiger partial charge in [-0.25, -0.2) is 4.79 Å². The Morgan fingerprint density at radius 2 is 2.20 bits per heavy atom. The number of halogens is 1. The van der Waals surface area contributed by atoms with Crippen molar-refractivity contribution in [2.24, 2.45) is 5.73 Å². The Morgan fingerprint density at radius 1 is 1.70 bits per heavy atom. The van der Waals surface area contributed by atoms with Gasteiger partial charge in [0.25, 0.3) is 0 Å². The zero-order chi connectivity index (χ0) is 8.15. The molecule has 0 aliphatic rings. The summed E-state index contributed by atoms with van der Waals surface area (Å²) in [5.41, 5.74) is 4.83. The first-order chi connectivity index (χ1) is 4.57. The van der Waals surface area contributed by atoms with Crippen molar-refractivity contribution in [3.05, 3.63) is 0 Å². The molecule has 1 unspecified atom stereocenters. The number of nitrogens with two attached hydrogens (primary N) is 1. The van der Waals surface area contributed by atoms with Crippen LogP contribution in [-0.4, -0.2) is 23.1 Å². The Morgan fingerprint density at radius 3 is 2.50 bits per heavy atom. The number of rotatable bonds is 3. The van der Waals surface area contributed by atoms with Gasteiger partial charge in [-0.05, 0) is 0 Å². The van der Waals surface area contributed by atoms with Crippen molar-refractivity contribution >= 4 is 11.9 Å². The maximum atomic E-state index is 11.0. The molecule has 0 aliphatic heterocycles. The maximum Gasteiger partial charge on any atom is 0.365 e. The molecule has 0 radical (unpaired) electrons. The highest BCUT2D eigenvalue weighted by Crippen LogP contribution is 1.91. The van der Waals surface area contributed by atoms with E-state index < -0.39 is 24.4 Å². The van der Waals surface area contributed by atoms with Gasteiger partial charge in [-0.15, -0.1) is 0 Å². The third-order valence-corrected chi connectivity index (χ3v) is 0.773. The van der Waals surface area contributed by atoms with Gasteiger partial charge in [0.15, 0.2) is 0 Å². The molecule has 0 rings (SSSR count). The van der Waals surface area contributed by atoms with E-state index in [2.05, 4.69) is 4.94 Å². The van der Waals surface area contributed by atoms with Crippen molar-refractivity contribution < 1.29 is 24.2 Å². The highest BCUT2D eigenvalue weighted by atomic mass is 19.3. The molecule has 0 aliphatic carbocycles. The molecule has 3 N–H and O–H groups in total. The number of hydrogen-bond acceptors (Lipinski definition) is 4. The van der Waals surface area contributed by atoms with E-state index in [1.165, 1.54) is 0 Å². The van der Waals surface area contributed by atoms with Gasteiger partial charge in [-0.1, -0.05) is 0 Å². The van der Waals surface area contributed by atoms with Crippen LogP contribution in [0.25, 0.3) is 0 Å². The summed E-state index contributed by atoms with van der Waals surface area (Å²) in [5, 5.41) is 8.02. The first-order valence-electron chi connectivity index (χ1n) is 2.37. The van der Waals surface area contributed by atoms with E-state index in [4.69, 9.17) is 10.8 Å². The number of hydrogen-bond donors (Lipinski definition) is 2. The van der Waals surface area contributed by atoms with E-state index in [9.17, 15) is 14.1 Å². The fourth-order valence-electron chi connectivity index (χ4n) is 0.329. The summed E-state index contributed by atoms with van der Waals surface area (Å²) in [6.45, 7) is 0. The second-order valence-electron chi connectivity index (χ2n) is 1.60. The summed E-state index contributed by atoms with van der Waals surface area (Å²) in [6.07, 6.45) is -0.636. The lowest BCUT2D eigenvalue weighted by molar-refractivity contribution is -0.186. The van der Waals surface area contributed by atoms with Crippen molar-refractivity contribution in [3.63, 3.8) is 0 Å². The standard InChI is InChI=1S/C4H6FNO4/c5-10-4(9)2(6)1-3(7)8/h2H,1,6H2,(H,7,8). The van der Waals surface area contributed by atoms with Gasteiger partial charge in [-0.2, -0.15) is 0 Å². The summed E-state index contributed by atoms with van der Waals surface area (Å²) < 4.78 is 11.0. The van der Waals surface area contributed by atoms with Crippen LogP contribution in [0, 0.1) is 0 Å². The Hall–Kier alpha value is -1.17. The molecule has 0 bridgehead atoms. The van der Waals surface area contributed by atoms with Gasteiger partial charge in [0.1, 0.15) is 6.04 Å². The summed E-state index contributed by atoms with van der Waals surface area (Å²) in [6, 6.07) is -1.43. The van der Waals surface area contributed by atoms with Crippen LogP contribution in [0.15, 0.2) is 0 Å². The minimum Gasteiger partial charge on any atom is -0.481 e. The van der Waals surface area contributed by atoms with Gasteiger partial charge in [0, 0.05) is 4.53 Å². The van der Waals surface area contributed by atoms with E-state index in [0.717, 1.165) is 0 Å². The number of carbonyl (C=O) groups excluding carboxylic acids is 1. The zero-order valence-corrected chi connectivity index (χ0v) is 4.91. The van der Waals surface area contributed by atoms with Crippen molar-refractivity contribution in [2.45, 2.75) is 12.5 Å². The lowest BCUT2D eigenvalue weighted by Gasteiger charge is -2.00. The van der Waals surface area contributed by atoms with Crippen LogP contribution in [0.1, 0.15) is 6.42 Å². The van der Waals surface area contributed by atoms with E-state index >= 15 is 0 Å². The molecular weight excluding hydrogens is 145 g/mol. The summed E-state index contributed by atoms with van der Waals surface area (Å²) >= 11 is 0. The molecule has 0 fully saturated rings. The second kappa shape index (κ2) is 3.78. The SMILES string of the molecule is NC(CC(=O)O)C(=O)OF. The fraction of sp³-hybridized carbons (Fsp3) is 0.500. The molecule has 0 aromatic carbocycles. The van der Waals surface area contributed by atoms with E-state index in [-0.39, 0.29) is 0 Å². The van der Waals surface area contributed by atoms with Gasteiger partial charge in [0.2, 0.25) is 0 Å². The van der Waals surface area contributed by atoms with Crippen LogP contribution in [0.3, 0.4) is 0 Å². The normalized spacial score (nSPS) is 12.2. The molecule has 0 saturated heterocycles. The van der Waals surface area contributed by atoms with Gasteiger partial charge < -0.3 is 10.8 Å². The third-order valence-electron chi connectivity index (χ3n) is 0.773. The number of aliphatic carboxylic acids is 1. The fourth-order valence-corrected chi connectivity index (χ4v) is 0.329. The minimum atomic E-state index is -1.43. The van der Waals surface area contributed by atoms with E-state index in [1.54, 1.807) is 0 Å². The highest BCUT2D eigenvalue weighted by Gasteiger charge is 2.18. The molecule has 0 saturated carbocycles. The van der Waals surface area contributed by atoms with Crippen LogP contribution in [0.2, 0.25) is 0 Å². The van der Waals surface area contributed by atoms with E-state index in [1.807, 2.05) is 0 Å². The topological polar surface area (TPSA) is 89.6 Å². The van der Waals surface area contributed by atoms with Crippen LogP contribution in [-0.2, 0) is 14.5 Å². The largest absolute Gasteiger partial charge is 0.481 e. The Balaban J connectivity index is 3.72. The van der Waals surface area contributed by atoms with Gasteiger partial charge in [-0.3, -0.25) is 9.74 Å². The second-order valence-corrected chi connectivity index (χ2v) is 1.60. The molecular formula is C4H6FNO4. The Bertz CT molecular complexity index is 148. The smallest absolute Gasteiger partial charge is 0.365 e. The molecule has 10 heavy (non-hydrogen) atoms. The van der Waals surface area contributed by atoms with Gasteiger partial charge in [0.05, 0.1) is 6.42 Å². The Labute approximate surface area is 55.5 Å². The molecule has 58 valence electrons. The summed E-state index contributed by atoms with van der Waals surface area (Å²) in [5.74, 6) is -2.65. The summed E-state index contributed by atoms with van der Waals surface area (Å²) in [7, 11) is 0. The summed E-state index contributed by atoms with van der Waals surface area (Å²) in [4.78, 5) is 22.6. The molecule has 0 amide bonds. The monoisotopic (exact) mass is 151 g/mol. The first-order valence-corrected chi connectivity index (χ1v) is 2.37. The van der Waals surface area contributed by atoms with Crippen LogP contribution < -0.4 is 5.73 Å². The third kappa shape index (κ3) is 2.98. The van der Waals surface area contributed by atoms with Crippen molar-refractivity contribution in [1.82, 2.24) is 0 Å². The lowest BCUT2D eigenvalue weighted by Crippen LogP contribution is -2.33. The Kier molecular flexibility index (Phi) is 3.34. The van der Waals surface area contributed by atoms with Crippen molar-refractivity contribution in [2.75, 3.05) is 0 Å². The number of carboxylic acid groups (broad SMARTS) is 1. The quantitative estimate of drug-likeness (QED) is 0.552. The van der Waals surface area contributed by atoms with Crippen LogP contribution in [0.5, 0.6) is 0 Å². The van der Waals surface area contributed by atoms with E-state index in [0.29, 0.717) is 0 Å². The van der Waals surface area contributed by atoms with Crippen LogP contribution >= 0.6 is 0 Å². The molecule has 1 atom stereocenters. The predicted molar refractivity (Wildman–Crippen MR) is 27.4 cm³/mol. The average molecular weight is 151 g/mol. The number of carboxylic acids is 1. The van der Waals surface area contributed by atoms with Gasteiger partial charge >= 0.3 is 11.9 Å². The first kappa shape index (κ1) is 8.83. The predicted octanol–water partition coefficient (Wildman–Crippen LogP) is -0.784. The van der Waals surface area contributed by atoms with Crippen LogP contribution in [0.4, 0.5) is 4.53 Å².